The number of anilines is 1. The van der Waals surface area contributed by atoms with Gasteiger partial charge in [0.2, 0.25) is 0 Å². The molecule has 7 heteroatoms. The van der Waals surface area contributed by atoms with Crippen LogP contribution in [0.25, 0.3) is 11.0 Å². The minimum Gasteiger partial charge on any atom is -0.472 e. The average molecular weight is 389 g/mol. The summed E-state index contributed by atoms with van der Waals surface area (Å²) in [5, 5.41) is 0.785. The van der Waals surface area contributed by atoms with Crippen LogP contribution in [0.2, 0.25) is 0 Å². The molecule has 0 atom stereocenters. The Balaban J connectivity index is 1.83. The maximum absolute atomic E-state index is 13.4. The second-order valence-electron chi connectivity index (χ2n) is 6.80. The van der Waals surface area contributed by atoms with Crippen LogP contribution in [0.1, 0.15) is 29.2 Å². The van der Waals surface area contributed by atoms with Gasteiger partial charge in [-0.25, -0.2) is 4.79 Å². The van der Waals surface area contributed by atoms with Crippen LogP contribution < -0.4 is 15.3 Å². The second-order valence-corrected chi connectivity index (χ2v) is 6.80. The Morgan fingerprint density at radius 3 is 2.64 bits per heavy atom. The van der Waals surface area contributed by atoms with Crippen molar-refractivity contribution in [3.63, 3.8) is 0 Å². The summed E-state index contributed by atoms with van der Waals surface area (Å²) >= 11 is 0. The number of nitrogens with zero attached hydrogens (tertiary/aromatic N) is 1. The van der Waals surface area contributed by atoms with E-state index in [1.165, 1.54) is 18.2 Å². The molecule has 0 fully saturated rings. The molecule has 0 spiro atoms. The van der Waals surface area contributed by atoms with Gasteiger partial charge >= 0.3 is 11.8 Å². The molecular weight excluding hydrogens is 371 g/mol. The Bertz CT molecular complexity index is 1120. The smallest absolute Gasteiger partial charge is 0.418 e. The molecule has 0 amide bonds. The standard InChI is InChI=1S/C21H18F3NO3/c1-3-13-9-18(26)28-20-12(2)19-14(8-15(13)20)10-25(11-27-19)17-7-5-4-6-16(17)21(22,23)24/h4-9H,3,10-11H2,1-2H3. The molecule has 0 unspecified atom stereocenters. The summed E-state index contributed by atoms with van der Waals surface area (Å²) < 4.78 is 51.4. The van der Waals surface area contributed by atoms with Crippen molar-refractivity contribution in [3.05, 3.63) is 69.1 Å². The molecule has 2 aromatic carbocycles. The SMILES string of the molecule is CCc1cc(=O)oc2c(C)c3c(cc12)CN(c1ccccc1C(F)(F)F)CO3. The maximum atomic E-state index is 13.4. The molecule has 0 N–H and O–H groups in total. The quantitative estimate of drug-likeness (QED) is 0.576. The van der Waals surface area contributed by atoms with Crippen molar-refractivity contribution in [3.8, 4) is 5.75 Å². The van der Waals surface area contributed by atoms with Crippen molar-refractivity contribution in [2.24, 2.45) is 0 Å². The third kappa shape index (κ3) is 3.00. The van der Waals surface area contributed by atoms with E-state index in [1.54, 1.807) is 17.9 Å². The minimum absolute atomic E-state index is 0.0237. The summed E-state index contributed by atoms with van der Waals surface area (Å²) in [6.07, 6.45) is -3.81. The normalized spacial score (nSPS) is 14.1. The van der Waals surface area contributed by atoms with Crippen molar-refractivity contribution in [1.82, 2.24) is 0 Å². The molecule has 0 bridgehead atoms. The largest absolute Gasteiger partial charge is 0.472 e. The number of hydrogen-bond donors (Lipinski definition) is 0. The Labute approximate surface area is 159 Å². The predicted octanol–water partition coefficient (Wildman–Crippen LogP) is 5.04. The van der Waals surface area contributed by atoms with Crippen LogP contribution in [-0.2, 0) is 19.1 Å². The van der Waals surface area contributed by atoms with Gasteiger partial charge in [0.25, 0.3) is 0 Å². The van der Waals surface area contributed by atoms with Crippen LogP contribution >= 0.6 is 0 Å². The summed E-state index contributed by atoms with van der Waals surface area (Å²) in [6, 6.07) is 8.77. The topological polar surface area (TPSA) is 42.7 Å². The fourth-order valence-corrected chi connectivity index (χ4v) is 3.72. The molecule has 2 heterocycles. The molecule has 0 saturated carbocycles. The van der Waals surface area contributed by atoms with Crippen LogP contribution in [0, 0.1) is 6.92 Å². The van der Waals surface area contributed by atoms with Gasteiger partial charge in [-0.05, 0) is 37.1 Å². The molecule has 3 aromatic rings. The monoisotopic (exact) mass is 389 g/mol. The van der Waals surface area contributed by atoms with Gasteiger partial charge in [0.1, 0.15) is 11.3 Å². The lowest BCUT2D eigenvalue weighted by atomic mass is 9.99. The number of benzene rings is 2. The van der Waals surface area contributed by atoms with Crippen LogP contribution in [0.3, 0.4) is 0 Å². The number of rotatable bonds is 2. The van der Waals surface area contributed by atoms with Gasteiger partial charge in [-0.2, -0.15) is 13.2 Å². The summed E-state index contributed by atoms with van der Waals surface area (Å²) in [4.78, 5) is 13.4. The lowest BCUT2D eigenvalue weighted by molar-refractivity contribution is -0.137. The van der Waals surface area contributed by atoms with Gasteiger partial charge in [-0.15, -0.1) is 0 Å². The lowest BCUT2D eigenvalue weighted by Crippen LogP contribution is -2.33. The van der Waals surface area contributed by atoms with Crippen molar-refractivity contribution in [2.45, 2.75) is 33.0 Å². The number of alkyl halides is 3. The van der Waals surface area contributed by atoms with E-state index in [9.17, 15) is 18.0 Å². The third-order valence-electron chi connectivity index (χ3n) is 5.03. The molecule has 0 aliphatic carbocycles. The summed E-state index contributed by atoms with van der Waals surface area (Å²) in [7, 11) is 0. The molecule has 4 nitrogen and oxygen atoms in total. The van der Waals surface area contributed by atoms with E-state index < -0.39 is 17.4 Å². The average Bonchev–Trinajstić information content (AvgIpc) is 2.67. The number of hydrogen-bond acceptors (Lipinski definition) is 4. The van der Waals surface area contributed by atoms with Crippen molar-refractivity contribution in [1.29, 1.82) is 0 Å². The van der Waals surface area contributed by atoms with Crippen LogP contribution in [0.4, 0.5) is 18.9 Å². The summed E-state index contributed by atoms with van der Waals surface area (Å²) in [5.41, 5.74) is 1.70. The minimum atomic E-state index is -4.45. The molecule has 28 heavy (non-hydrogen) atoms. The number of aryl methyl sites for hydroxylation is 2. The highest BCUT2D eigenvalue weighted by Crippen LogP contribution is 2.40. The second kappa shape index (κ2) is 6.58. The van der Waals surface area contributed by atoms with Gasteiger partial charge in [-0.1, -0.05) is 19.1 Å². The summed E-state index contributed by atoms with van der Waals surface area (Å²) in [5.74, 6) is 0.560. The van der Waals surface area contributed by atoms with Gasteiger partial charge in [0.05, 0.1) is 11.3 Å². The molecule has 4 rings (SSSR count). The number of ether oxygens (including phenoxy) is 1. The van der Waals surface area contributed by atoms with Crippen molar-refractivity contribution < 1.29 is 22.3 Å². The first-order valence-corrected chi connectivity index (χ1v) is 8.92. The van der Waals surface area contributed by atoms with E-state index in [1.807, 2.05) is 13.0 Å². The predicted molar refractivity (Wildman–Crippen MR) is 99.7 cm³/mol. The Hall–Kier alpha value is -2.96. The highest BCUT2D eigenvalue weighted by molar-refractivity contribution is 5.86. The molecular formula is C21H18F3NO3. The fourth-order valence-electron chi connectivity index (χ4n) is 3.72. The molecule has 0 saturated heterocycles. The zero-order chi connectivity index (χ0) is 20.1. The molecule has 1 aliphatic rings. The lowest BCUT2D eigenvalue weighted by Gasteiger charge is -2.33. The molecule has 146 valence electrons. The van der Waals surface area contributed by atoms with E-state index in [2.05, 4.69) is 0 Å². The third-order valence-corrected chi connectivity index (χ3v) is 5.03. The van der Waals surface area contributed by atoms with E-state index in [4.69, 9.17) is 9.15 Å². The highest BCUT2D eigenvalue weighted by atomic mass is 19.4. The molecule has 1 aromatic heterocycles. The number of para-hydroxylation sites is 1. The Morgan fingerprint density at radius 1 is 1.18 bits per heavy atom. The number of halogens is 3. The number of fused-ring (bicyclic) bond motifs is 2. The Morgan fingerprint density at radius 2 is 1.93 bits per heavy atom. The van der Waals surface area contributed by atoms with Gasteiger partial charge in [0.15, 0.2) is 6.73 Å². The van der Waals surface area contributed by atoms with Gasteiger partial charge < -0.3 is 14.1 Å². The summed E-state index contributed by atoms with van der Waals surface area (Å²) in [6.45, 7) is 3.97. The zero-order valence-electron chi connectivity index (χ0n) is 15.4. The van der Waals surface area contributed by atoms with Gasteiger partial charge in [0, 0.05) is 29.1 Å². The van der Waals surface area contributed by atoms with Crippen LogP contribution in [-0.4, -0.2) is 6.73 Å². The first kappa shape index (κ1) is 18.4. The first-order chi connectivity index (χ1) is 13.3. The van der Waals surface area contributed by atoms with Crippen LogP contribution in [0.5, 0.6) is 5.75 Å². The van der Waals surface area contributed by atoms with Crippen LogP contribution in [0.15, 0.2) is 45.6 Å². The van der Waals surface area contributed by atoms with E-state index in [-0.39, 0.29) is 19.0 Å². The fraction of sp³-hybridized carbons (Fsp3) is 0.286. The van der Waals surface area contributed by atoms with Crippen molar-refractivity contribution >= 4 is 16.7 Å². The van der Waals surface area contributed by atoms with E-state index >= 15 is 0 Å². The van der Waals surface area contributed by atoms with Crippen molar-refractivity contribution in [2.75, 3.05) is 11.6 Å². The first-order valence-electron chi connectivity index (χ1n) is 8.92. The molecule has 0 radical (unpaired) electrons. The van der Waals surface area contributed by atoms with Gasteiger partial charge in [-0.3, -0.25) is 0 Å². The van der Waals surface area contributed by atoms with E-state index in [0.717, 1.165) is 22.6 Å². The highest BCUT2D eigenvalue weighted by Gasteiger charge is 2.35. The maximum Gasteiger partial charge on any atom is 0.418 e. The zero-order valence-corrected chi connectivity index (χ0v) is 15.4. The Kier molecular flexibility index (Phi) is 4.33. The molecule has 1 aliphatic heterocycles. The van der Waals surface area contributed by atoms with E-state index in [0.29, 0.717) is 23.3 Å².